The molecule has 0 unspecified atom stereocenters. The SMILES string of the molecule is CCOC(=O)CCCNCCCC[PH](c1ccccc1)(c1ccccc1)c1ccccc1. The summed E-state index contributed by atoms with van der Waals surface area (Å²) in [5.41, 5.74) is 0. The molecule has 0 aliphatic carbocycles. The van der Waals surface area contributed by atoms with Gasteiger partial charge >= 0.3 is 193 Å². The van der Waals surface area contributed by atoms with Crippen LogP contribution in [0.3, 0.4) is 0 Å². The molecule has 3 rings (SSSR count). The first-order valence-corrected chi connectivity index (χ1v) is 14.0. The third kappa shape index (κ3) is 6.51. The van der Waals surface area contributed by atoms with Gasteiger partial charge in [0.25, 0.3) is 0 Å². The standard InChI is InChI=1S/C28H36NO2P/c1-2-31-28(30)21-14-23-29-22-12-13-24-32(25-15-6-3-7-16-25,26-17-8-4-9-18-26)27-19-10-5-11-20-27/h3-11,15-20,29,32H,2,12-14,21-24H2,1H3. The Morgan fingerprint density at radius 3 is 1.66 bits per heavy atom. The monoisotopic (exact) mass is 449 g/mol. The van der Waals surface area contributed by atoms with E-state index in [1.54, 1.807) is 0 Å². The van der Waals surface area contributed by atoms with Gasteiger partial charge in [-0.1, -0.05) is 0 Å². The number of unbranched alkanes of at least 4 members (excludes halogenated alkanes) is 1. The van der Waals surface area contributed by atoms with Crippen LogP contribution in [0.1, 0.15) is 32.6 Å². The van der Waals surface area contributed by atoms with Crippen molar-refractivity contribution in [3.63, 3.8) is 0 Å². The number of carbonyl (C=O) groups is 1. The fraction of sp³-hybridized carbons (Fsp3) is 0.321. The summed E-state index contributed by atoms with van der Waals surface area (Å²) in [5.74, 6) is -0.0985. The number of nitrogens with one attached hydrogen (secondary N) is 1. The average Bonchev–Trinajstić information content (AvgIpc) is 2.85. The zero-order valence-corrected chi connectivity index (χ0v) is 20.1. The second kappa shape index (κ2) is 13.2. The van der Waals surface area contributed by atoms with Gasteiger partial charge in [0.1, 0.15) is 0 Å². The van der Waals surface area contributed by atoms with Crippen LogP contribution in [0.25, 0.3) is 0 Å². The maximum absolute atomic E-state index is 11.4. The molecule has 0 bridgehead atoms. The molecular weight excluding hydrogens is 413 g/mol. The quantitative estimate of drug-likeness (QED) is 0.238. The van der Waals surface area contributed by atoms with E-state index < -0.39 is 7.26 Å². The van der Waals surface area contributed by atoms with E-state index in [0.29, 0.717) is 13.0 Å². The predicted octanol–water partition coefficient (Wildman–Crippen LogP) is 4.43. The van der Waals surface area contributed by atoms with Crippen molar-refractivity contribution in [2.45, 2.75) is 32.6 Å². The number of hydrogen-bond donors (Lipinski definition) is 1. The van der Waals surface area contributed by atoms with Crippen molar-refractivity contribution in [1.82, 2.24) is 5.32 Å². The first-order valence-electron chi connectivity index (χ1n) is 11.8. The predicted molar refractivity (Wildman–Crippen MR) is 139 cm³/mol. The van der Waals surface area contributed by atoms with E-state index >= 15 is 0 Å². The molecular formula is C28H36NO2P. The Bertz CT molecular complexity index is 819. The third-order valence-corrected chi connectivity index (χ3v) is 11.1. The summed E-state index contributed by atoms with van der Waals surface area (Å²) < 4.78 is 4.99. The average molecular weight is 450 g/mol. The molecule has 32 heavy (non-hydrogen) atoms. The molecule has 0 amide bonds. The van der Waals surface area contributed by atoms with Crippen molar-refractivity contribution < 1.29 is 9.53 Å². The maximum atomic E-state index is 11.4. The van der Waals surface area contributed by atoms with Crippen molar-refractivity contribution in [1.29, 1.82) is 0 Å². The Morgan fingerprint density at radius 1 is 0.719 bits per heavy atom. The number of rotatable bonds is 13. The van der Waals surface area contributed by atoms with Gasteiger partial charge in [-0.25, -0.2) is 0 Å². The third-order valence-electron chi connectivity index (χ3n) is 5.99. The summed E-state index contributed by atoms with van der Waals surface area (Å²) in [6.07, 6.45) is 4.79. The molecule has 0 heterocycles. The van der Waals surface area contributed by atoms with E-state index in [1.807, 2.05) is 6.92 Å². The Kier molecular flexibility index (Phi) is 9.94. The van der Waals surface area contributed by atoms with Crippen LogP contribution in [-0.2, 0) is 9.53 Å². The van der Waals surface area contributed by atoms with Crippen molar-refractivity contribution in [2.75, 3.05) is 25.9 Å². The Hall–Kier alpha value is -2.48. The number of ether oxygens (including phenoxy) is 1. The number of hydrogen-bond acceptors (Lipinski definition) is 3. The molecule has 0 aliphatic rings. The van der Waals surface area contributed by atoms with Gasteiger partial charge < -0.3 is 0 Å². The van der Waals surface area contributed by atoms with Crippen molar-refractivity contribution in [3.8, 4) is 0 Å². The molecule has 3 aromatic carbocycles. The van der Waals surface area contributed by atoms with Crippen LogP contribution in [0.5, 0.6) is 0 Å². The molecule has 0 saturated heterocycles. The summed E-state index contributed by atoms with van der Waals surface area (Å²) in [4.78, 5) is 11.4. The van der Waals surface area contributed by atoms with E-state index in [4.69, 9.17) is 4.74 Å². The van der Waals surface area contributed by atoms with Crippen LogP contribution in [0.4, 0.5) is 0 Å². The van der Waals surface area contributed by atoms with Crippen LogP contribution in [0, 0.1) is 0 Å². The Morgan fingerprint density at radius 2 is 1.19 bits per heavy atom. The van der Waals surface area contributed by atoms with Crippen molar-refractivity contribution in [3.05, 3.63) is 91.0 Å². The summed E-state index contributed by atoms with van der Waals surface area (Å²) in [6.45, 7) is 4.14. The van der Waals surface area contributed by atoms with Gasteiger partial charge in [0.05, 0.1) is 0 Å². The minimum absolute atomic E-state index is 0.0985. The molecule has 3 aromatic rings. The Balaban J connectivity index is 1.69. The molecule has 3 nitrogen and oxygen atoms in total. The summed E-state index contributed by atoms with van der Waals surface area (Å²) in [5, 5.41) is 7.91. The Labute approximate surface area is 193 Å². The molecule has 0 radical (unpaired) electrons. The van der Waals surface area contributed by atoms with Gasteiger partial charge in [-0.3, -0.25) is 0 Å². The molecule has 170 valence electrons. The fourth-order valence-electron chi connectivity index (χ4n) is 4.46. The molecule has 4 heteroatoms. The molecule has 1 N–H and O–H groups in total. The van der Waals surface area contributed by atoms with E-state index in [-0.39, 0.29) is 5.97 Å². The number of carbonyl (C=O) groups excluding carboxylic acids is 1. The summed E-state index contributed by atoms with van der Waals surface area (Å²) >= 11 is 0. The second-order valence-electron chi connectivity index (χ2n) is 8.12. The van der Waals surface area contributed by atoms with Crippen molar-refractivity contribution >= 4 is 29.1 Å². The van der Waals surface area contributed by atoms with Crippen LogP contribution >= 0.6 is 7.26 Å². The summed E-state index contributed by atoms with van der Waals surface area (Å²) in [6, 6.07) is 33.3. The van der Waals surface area contributed by atoms with Gasteiger partial charge in [0, 0.05) is 0 Å². The van der Waals surface area contributed by atoms with Gasteiger partial charge in [-0.2, -0.15) is 0 Å². The molecule has 0 saturated carbocycles. The first kappa shape index (κ1) is 24.2. The van der Waals surface area contributed by atoms with Crippen LogP contribution in [0.15, 0.2) is 91.0 Å². The number of esters is 1. The van der Waals surface area contributed by atoms with Gasteiger partial charge in [-0.15, -0.1) is 0 Å². The van der Waals surface area contributed by atoms with Gasteiger partial charge in [-0.05, 0) is 0 Å². The molecule has 0 atom stereocenters. The van der Waals surface area contributed by atoms with E-state index in [0.717, 1.165) is 32.4 Å². The minimum atomic E-state index is -2.11. The van der Waals surface area contributed by atoms with Crippen LogP contribution < -0.4 is 21.2 Å². The normalized spacial score (nSPS) is 11.8. The van der Waals surface area contributed by atoms with Gasteiger partial charge in [0.2, 0.25) is 0 Å². The first-order chi connectivity index (χ1) is 15.8. The summed E-state index contributed by atoms with van der Waals surface area (Å²) in [7, 11) is -2.11. The van der Waals surface area contributed by atoms with E-state index in [1.165, 1.54) is 22.1 Å². The van der Waals surface area contributed by atoms with Gasteiger partial charge in [0.15, 0.2) is 0 Å². The van der Waals surface area contributed by atoms with E-state index in [2.05, 4.69) is 96.3 Å². The van der Waals surface area contributed by atoms with Crippen molar-refractivity contribution in [2.24, 2.45) is 0 Å². The zero-order valence-electron chi connectivity index (χ0n) is 19.1. The zero-order chi connectivity index (χ0) is 22.5. The number of benzene rings is 3. The fourth-order valence-corrected chi connectivity index (χ4v) is 9.39. The molecule has 0 spiro atoms. The molecule has 0 fully saturated rings. The van der Waals surface area contributed by atoms with E-state index in [9.17, 15) is 4.79 Å². The van der Waals surface area contributed by atoms with Crippen LogP contribution in [-0.4, -0.2) is 31.8 Å². The second-order valence-corrected chi connectivity index (χ2v) is 12.2. The topological polar surface area (TPSA) is 38.3 Å². The molecule has 0 aromatic heterocycles. The molecule has 0 aliphatic heterocycles. The van der Waals surface area contributed by atoms with Crippen LogP contribution in [0.2, 0.25) is 0 Å².